The summed E-state index contributed by atoms with van der Waals surface area (Å²) in [7, 11) is 0. The molecule has 52 heavy (non-hydrogen) atoms. The molecule has 12 nitrogen and oxygen atoms in total. The number of esters is 2. The van der Waals surface area contributed by atoms with Crippen molar-refractivity contribution in [2.75, 3.05) is 19.8 Å². The van der Waals surface area contributed by atoms with E-state index in [1.807, 2.05) is 6.07 Å². The molecule has 1 aliphatic heterocycles. The summed E-state index contributed by atoms with van der Waals surface area (Å²) in [6.07, 6.45) is 7.21. The van der Waals surface area contributed by atoms with Crippen LogP contribution in [-0.2, 0) is 45.5 Å². The average molecular weight is 751 g/mol. The standard InChI is InChI=1S/C35H35F3N4O8S.Na/c1-23(51-27-18-48-34(49-19-27)7-3-2-5-25-9-8-24(17-39)15-29(25)37)35(20-42-22-40-21-41-42,28-11-10-26(36)16-30(28)38)50-33(46)6-4-14-47-32(45)13-12-31(43)44;/h2-3,5,7-11,15-16,21-23,27,34H,4,6,12-14,18-20H2,1H3,(H,43,44);/q;+1/p-1/t23-,27?,34?,35-;/m1./s1. The number of ether oxygens (including phenoxy) is 4. The minimum absolute atomic E-state index is 0. The van der Waals surface area contributed by atoms with Gasteiger partial charge in [0.25, 0.3) is 0 Å². The maximum Gasteiger partial charge on any atom is 1.00 e. The first-order valence-electron chi connectivity index (χ1n) is 15.8. The van der Waals surface area contributed by atoms with E-state index in [0.29, 0.717) is 11.6 Å². The zero-order valence-corrected chi connectivity index (χ0v) is 31.2. The smallest absolute Gasteiger partial charge is 0.550 e. The third-order valence-corrected chi connectivity index (χ3v) is 9.04. The molecule has 2 atom stereocenters. The Kier molecular flexibility index (Phi) is 17.1. The molecule has 0 bridgehead atoms. The zero-order valence-electron chi connectivity index (χ0n) is 28.4. The second-order valence-electron chi connectivity index (χ2n) is 11.3. The van der Waals surface area contributed by atoms with E-state index in [1.54, 1.807) is 25.2 Å². The number of hydrogen-bond donors (Lipinski definition) is 0. The Balaban J connectivity index is 0.00000729. The van der Waals surface area contributed by atoms with Crippen molar-refractivity contribution >= 4 is 35.7 Å². The summed E-state index contributed by atoms with van der Waals surface area (Å²) in [5, 5.41) is 22.6. The first-order chi connectivity index (χ1) is 24.5. The number of aliphatic carboxylic acids is 1. The van der Waals surface area contributed by atoms with Gasteiger partial charge < -0.3 is 28.8 Å². The number of thioether (sulfide) groups is 1. The normalized spacial score (nSPS) is 17.5. The third-order valence-electron chi connectivity index (χ3n) is 7.60. The van der Waals surface area contributed by atoms with Gasteiger partial charge in [-0.3, -0.25) is 9.59 Å². The van der Waals surface area contributed by atoms with Crippen molar-refractivity contribution in [1.82, 2.24) is 14.8 Å². The van der Waals surface area contributed by atoms with Crippen LogP contribution >= 0.6 is 11.8 Å². The number of hydrogen-bond acceptors (Lipinski definition) is 12. The first-order valence-corrected chi connectivity index (χ1v) is 16.7. The molecule has 3 aromatic rings. The van der Waals surface area contributed by atoms with Gasteiger partial charge in [-0.25, -0.2) is 22.8 Å². The molecule has 1 saturated heterocycles. The minimum atomic E-state index is -1.75. The molecule has 2 aromatic carbocycles. The van der Waals surface area contributed by atoms with Gasteiger partial charge in [-0.1, -0.05) is 24.3 Å². The van der Waals surface area contributed by atoms with E-state index < -0.39 is 58.9 Å². The number of benzene rings is 2. The van der Waals surface area contributed by atoms with E-state index in [1.165, 1.54) is 53.4 Å². The summed E-state index contributed by atoms with van der Waals surface area (Å²) in [4.78, 5) is 39.5. The molecule has 2 heterocycles. The van der Waals surface area contributed by atoms with Crippen LogP contribution in [0.4, 0.5) is 13.2 Å². The van der Waals surface area contributed by atoms with Gasteiger partial charge in [0.2, 0.25) is 0 Å². The summed E-state index contributed by atoms with van der Waals surface area (Å²) in [5.74, 6) is -5.25. The van der Waals surface area contributed by atoms with Crippen molar-refractivity contribution in [1.29, 1.82) is 5.26 Å². The van der Waals surface area contributed by atoms with Crippen LogP contribution in [0.25, 0.3) is 6.08 Å². The largest absolute Gasteiger partial charge is 1.00 e. The van der Waals surface area contributed by atoms with E-state index in [-0.39, 0.29) is 91.6 Å². The summed E-state index contributed by atoms with van der Waals surface area (Å²) in [5.41, 5.74) is -1.34. The fraction of sp³-hybridized carbons (Fsp3) is 0.371. The van der Waals surface area contributed by atoms with Crippen LogP contribution in [0.2, 0.25) is 0 Å². The van der Waals surface area contributed by atoms with Gasteiger partial charge in [-0.05, 0) is 50.1 Å². The summed E-state index contributed by atoms with van der Waals surface area (Å²) in [6.45, 7) is 1.72. The summed E-state index contributed by atoms with van der Waals surface area (Å²) in [6, 6.07) is 8.98. The van der Waals surface area contributed by atoms with Crippen molar-refractivity contribution in [2.45, 2.75) is 61.5 Å². The number of halogens is 3. The van der Waals surface area contributed by atoms with Gasteiger partial charge in [-0.15, -0.1) is 11.8 Å². The molecule has 17 heteroatoms. The minimum Gasteiger partial charge on any atom is -0.550 e. The zero-order chi connectivity index (χ0) is 36.8. The first kappa shape index (κ1) is 42.4. The Hall–Kier alpha value is -3.98. The molecule has 0 aliphatic carbocycles. The molecule has 0 saturated carbocycles. The number of allylic oxidation sites excluding steroid dienone is 2. The van der Waals surface area contributed by atoms with Crippen LogP contribution in [0.1, 0.15) is 49.3 Å². The Morgan fingerprint density at radius 1 is 1.10 bits per heavy atom. The topological polar surface area (TPSA) is 166 Å². The van der Waals surface area contributed by atoms with Gasteiger partial charge in [0.05, 0.1) is 49.7 Å². The van der Waals surface area contributed by atoms with Crippen molar-refractivity contribution < 1.29 is 81.2 Å². The van der Waals surface area contributed by atoms with Crippen molar-refractivity contribution in [3.63, 3.8) is 0 Å². The quantitative estimate of drug-likeness (QED) is 0.0833. The number of rotatable bonds is 17. The molecular formula is C35H34F3N4NaO8S. The van der Waals surface area contributed by atoms with E-state index in [9.17, 15) is 28.3 Å². The van der Waals surface area contributed by atoms with Gasteiger partial charge in [0.15, 0.2) is 11.9 Å². The predicted molar refractivity (Wildman–Crippen MR) is 174 cm³/mol. The number of carboxylic acid groups (broad SMARTS) is 1. The number of carboxylic acids is 1. The van der Waals surface area contributed by atoms with Crippen molar-refractivity contribution in [3.8, 4) is 6.07 Å². The molecule has 0 N–H and O–H groups in total. The fourth-order valence-electron chi connectivity index (χ4n) is 5.06. The Bertz CT molecular complexity index is 1770. The molecule has 0 amide bonds. The number of nitrogens with zero attached hydrogens (tertiary/aromatic N) is 4. The monoisotopic (exact) mass is 750 g/mol. The van der Waals surface area contributed by atoms with Gasteiger partial charge in [0, 0.05) is 34.8 Å². The van der Waals surface area contributed by atoms with Crippen molar-refractivity contribution in [3.05, 3.63) is 101 Å². The van der Waals surface area contributed by atoms with Crippen LogP contribution in [0.5, 0.6) is 0 Å². The SMILES string of the molecule is C[C@@H](SC1COC(C=CC=Cc2ccc(C#N)cc2F)OC1)[C@@](Cn1cncn1)(OC(=O)CCCOC(=O)CCC(=O)[O-])c1ccc(F)cc1F.[Na+]. The molecule has 1 aliphatic rings. The van der Waals surface area contributed by atoms with E-state index in [2.05, 4.69) is 10.1 Å². The number of carbonyl (C=O) groups excluding carboxylic acids is 3. The average Bonchev–Trinajstić information content (AvgIpc) is 3.61. The van der Waals surface area contributed by atoms with Gasteiger partial charge >= 0.3 is 41.5 Å². The van der Waals surface area contributed by atoms with Crippen LogP contribution < -0.4 is 34.7 Å². The predicted octanol–water partition coefficient (Wildman–Crippen LogP) is 0.996. The van der Waals surface area contributed by atoms with E-state index in [0.717, 1.165) is 12.1 Å². The molecule has 0 radical (unpaired) electrons. The molecule has 0 unspecified atom stereocenters. The molecule has 270 valence electrons. The number of carbonyl (C=O) groups is 3. The van der Waals surface area contributed by atoms with E-state index >= 15 is 4.39 Å². The molecule has 4 rings (SSSR count). The van der Waals surface area contributed by atoms with Crippen LogP contribution in [0.15, 0.2) is 67.3 Å². The number of nitriles is 1. The molecule has 1 fully saturated rings. The fourth-order valence-corrected chi connectivity index (χ4v) is 6.42. The second-order valence-corrected chi connectivity index (χ2v) is 13.0. The van der Waals surface area contributed by atoms with Gasteiger partial charge in [-0.2, -0.15) is 10.4 Å². The van der Waals surface area contributed by atoms with Crippen molar-refractivity contribution in [2.24, 2.45) is 0 Å². The van der Waals surface area contributed by atoms with Crippen LogP contribution in [0, 0.1) is 28.8 Å². The van der Waals surface area contributed by atoms with Crippen LogP contribution in [0.3, 0.4) is 0 Å². The Morgan fingerprint density at radius 2 is 1.87 bits per heavy atom. The maximum absolute atomic E-state index is 15.6. The Labute approximate surface area is 324 Å². The van der Waals surface area contributed by atoms with E-state index in [4.69, 9.17) is 24.2 Å². The molecular weight excluding hydrogens is 716 g/mol. The number of aromatic nitrogens is 3. The third kappa shape index (κ3) is 12.6. The second kappa shape index (κ2) is 20.9. The Morgan fingerprint density at radius 3 is 2.52 bits per heavy atom. The van der Waals surface area contributed by atoms with Crippen LogP contribution in [-0.4, -0.2) is 69.3 Å². The molecule has 0 spiro atoms. The molecule has 1 aromatic heterocycles. The summed E-state index contributed by atoms with van der Waals surface area (Å²) >= 11 is 1.30. The summed E-state index contributed by atoms with van der Waals surface area (Å²) < 4.78 is 67.9. The van der Waals surface area contributed by atoms with Gasteiger partial charge in [0.1, 0.15) is 30.1 Å². The maximum atomic E-state index is 15.6.